The van der Waals surface area contributed by atoms with E-state index in [1.807, 2.05) is 24.3 Å². The van der Waals surface area contributed by atoms with Gasteiger partial charge in [0.25, 0.3) is 5.91 Å². The number of amides is 2. The number of aromatic nitrogens is 2. The number of carbonyl (C=O) groups is 3. The van der Waals surface area contributed by atoms with Crippen molar-refractivity contribution < 1.29 is 23.6 Å². The predicted octanol–water partition coefficient (Wildman–Crippen LogP) is 3.02. The molecule has 1 fully saturated rings. The molecule has 0 bridgehead atoms. The van der Waals surface area contributed by atoms with E-state index in [2.05, 4.69) is 44.8 Å². The number of Topliss-reactive ketones (excluding diaryl/α,β-unsaturated/α-hetero) is 1. The van der Waals surface area contributed by atoms with Crippen LogP contribution in [-0.4, -0.2) is 59.7 Å². The number of ketones is 1. The van der Waals surface area contributed by atoms with Crippen molar-refractivity contribution in [1.82, 2.24) is 26.1 Å². The Kier molecular flexibility index (Phi) is 8.65. The molecule has 10 nitrogen and oxygen atoms in total. The molecular formula is C30H33N5O5. The molecule has 2 heterocycles. The Morgan fingerprint density at radius 2 is 1.88 bits per heavy atom. The number of benzene rings is 2. The van der Waals surface area contributed by atoms with Gasteiger partial charge in [-0.25, -0.2) is 4.79 Å². The van der Waals surface area contributed by atoms with Gasteiger partial charge in [0, 0.05) is 11.6 Å². The van der Waals surface area contributed by atoms with Gasteiger partial charge < -0.3 is 25.2 Å². The van der Waals surface area contributed by atoms with Crippen molar-refractivity contribution in [2.45, 2.75) is 44.2 Å². The summed E-state index contributed by atoms with van der Waals surface area (Å²) in [7, 11) is 0. The average molecular weight is 544 g/mol. The number of carbonyl (C=O) groups excluding carboxylic acids is 3. The van der Waals surface area contributed by atoms with Gasteiger partial charge in [-0.2, -0.15) is 4.98 Å². The quantitative estimate of drug-likeness (QED) is 0.248. The van der Waals surface area contributed by atoms with Gasteiger partial charge in [0.15, 0.2) is 0 Å². The summed E-state index contributed by atoms with van der Waals surface area (Å²) in [5.41, 5.74) is 3.99. The maximum atomic E-state index is 13.2. The molecule has 0 radical (unpaired) electrons. The number of hydrogen-bond donors (Lipinski definition) is 3. The lowest BCUT2D eigenvalue weighted by Gasteiger charge is -2.19. The van der Waals surface area contributed by atoms with Crippen LogP contribution in [0, 0.1) is 5.92 Å². The molecule has 1 unspecified atom stereocenters. The van der Waals surface area contributed by atoms with E-state index in [1.54, 1.807) is 12.1 Å². The van der Waals surface area contributed by atoms with Crippen molar-refractivity contribution in [2.24, 2.45) is 5.92 Å². The molecule has 2 aliphatic rings. The predicted molar refractivity (Wildman–Crippen MR) is 147 cm³/mol. The Labute approximate surface area is 232 Å². The minimum absolute atomic E-state index is 0.0411. The van der Waals surface area contributed by atoms with Crippen molar-refractivity contribution in [3.05, 3.63) is 95.2 Å². The zero-order chi connectivity index (χ0) is 27.9. The van der Waals surface area contributed by atoms with E-state index in [0.29, 0.717) is 18.4 Å². The Bertz CT molecular complexity index is 1340. The molecule has 3 N–H and O–H groups in total. The zero-order valence-corrected chi connectivity index (χ0v) is 22.2. The molecule has 2 atom stereocenters. The summed E-state index contributed by atoms with van der Waals surface area (Å²) in [4.78, 5) is 42.4. The number of nitrogens with one attached hydrogen (secondary N) is 3. The van der Waals surface area contributed by atoms with Gasteiger partial charge in [0.2, 0.25) is 17.5 Å². The largest absolute Gasteiger partial charge is 0.445 e. The fourth-order valence-electron chi connectivity index (χ4n) is 5.26. The minimum atomic E-state index is -0.835. The summed E-state index contributed by atoms with van der Waals surface area (Å²) in [5, 5.41) is 12.9. The van der Waals surface area contributed by atoms with Crippen LogP contribution in [0.1, 0.15) is 56.4 Å². The first-order valence-electron chi connectivity index (χ1n) is 13.6. The number of alkyl carbamates (subject to hydrolysis) is 1. The van der Waals surface area contributed by atoms with E-state index < -0.39 is 17.9 Å². The van der Waals surface area contributed by atoms with Crippen LogP contribution in [0.3, 0.4) is 0 Å². The van der Waals surface area contributed by atoms with Crippen LogP contribution >= 0.6 is 0 Å². The van der Waals surface area contributed by atoms with E-state index in [4.69, 9.17) is 9.26 Å². The topological polar surface area (TPSA) is 135 Å². The number of nitrogens with zero attached hydrogens (tertiary/aromatic N) is 2. The Morgan fingerprint density at radius 3 is 2.55 bits per heavy atom. The van der Waals surface area contributed by atoms with E-state index in [1.165, 1.54) is 17.2 Å². The van der Waals surface area contributed by atoms with Gasteiger partial charge in [-0.05, 0) is 73.5 Å². The summed E-state index contributed by atoms with van der Waals surface area (Å²) < 4.78 is 10.4. The normalized spacial score (nSPS) is 17.1. The molecule has 0 spiro atoms. The zero-order valence-electron chi connectivity index (χ0n) is 22.2. The van der Waals surface area contributed by atoms with Gasteiger partial charge in [-0.1, -0.05) is 54.2 Å². The molecule has 1 aromatic heterocycles. The minimum Gasteiger partial charge on any atom is -0.445 e. The molecule has 40 heavy (non-hydrogen) atoms. The lowest BCUT2D eigenvalue weighted by molar-refractivity contribution is 0.0897. The molecule has 10 heteroatoms. The average Bonchev–Trinajstić information content (AvgIpc) is 3.73. The van der Waals surface area contributed by atoms with E-state index in [-0.39, 0.29) is 36.2 Å². The summed E-state index contributed by atoms with van der Waals surface area (Å²) in [6.45, 7) is 5.20. The second-order valence-corrected chi connectivity index (χ2v) is 10.3. The first-order chi connectivity index (χ1) is 19.5. The monoisotopic (exact) mass is 543 g/mol. The first kappa shape index (κ1) is 27.3. The molecule has 0 saturated carbocycles. The summed E-state index contributed by atoms with van der Waals surface area (Å²) in [6.07, 6.45) is 4.07. The number of ether oxygens (including phenoxy) is 1. The molecule has 1 saturated heterocycles. The highest BCUT2D eigenvalue weighted by Crippen LogP contribution is 2.22. The fraction of sp³-hybridized carbons (Fsp3) is 0.367. The van der Waals surface area contributed by atoms with E-state index >= 15 is 0 Å². The van der Waals surface area contributed by atoms with Gasteiger partial charge in [0.05, 0.1) is 12.5 Å². The molecule has 2 aromatic carbocycles. The Balaban J connectivity index is 1.17. The summed E-state index contributed by atoms with van der Waals surface area (Å²) in [6, 6.07) is 14.7. The van der Waals surface area contributed by atoms with Crippen LogP contribution in [-0.2, 0) is 24.0 Å². The SMILES string of the molecule is C=CCOC(=O)N[C@@H](CC1CCNC1)C(=O)c1noc(Cc2ccc(C(=O)NC3Cc4ccccc4C3)cc2)n1. The third-order valence-corrected chi connectivity index (χ3v) is 7.32. The maximum absolute atomic E-state index is 13.2. The third-order valence-electron chi connectivity index (χ3n) is 7.32. The van der Waals surface area contributed by atoms with Gasteiger partial charge in [-0.15, -0.1) is 0 Å². The lowest BCUT2D eigenvalue weighted by Crippen LogP contribution is -2.43. The molecule has 1 aliphatic heterocycles. The Hall–Kier alpha value is -4.31. The van der Waals surface area contributed by atoms with Gasteiger partial charge >= 0.3 is 6.09 Å². The van der Waals surface area contributed by atoms with Crippen molar-refractivity contribution in [2.75, 3.05) is 19.7 Å². The number of rotatable bonds is 11. The van der Waals surface area contributed by atoms with Crippen LogP contribution in [0.5, 0.6) is 0 Å². The molecule has 208 valence electrons. The van der Waals surface area contributed by atoms with E-state index in [9.17, 15) is 14.4 Å². The fourth-order valence-corrected chi connectivity index (χ4v) is 5.26. The van der Waals surface area contributed by atoms with Crippen LogP contribution in [0.4, 0.5) is 4.79 Å². The summed E-state index contributed by atoms with van der Waals surface area (Å²) >= 11 is 0. The van der Waals surface area contributed by atoms with Crippen LogP contribution in [0.25, 0.3) is 0 Å². The lowest BCUT2D eigenvalue weighted by atomic mass is 9.96. The van der Waals surface area contributed by atoms with Crippen molar-refractivity contribution in [3.63, 3.8) is 0 Å². The molecule has 5 rings (SSSR count). The smallest absolute Gasteiger partial charge is 0.408 e. The Morgan fingerprint density at radius 1 is 1.12 bits per heavy atom. The van der Waals surface area contributed by atoms with E-state index in [0.717, 1.165) is 37.9 Å². The highest BCUT2D eigenvalue weighted by Gasteiger charge is 2.31. The van der Waals surface area contributed by atoms with Crippen LogP contribution in [0.15, 0.2) is 65.7 Å². The summed E-state index contributed by atoms with van der Waals surface area (Å²) in [5.74, 6) is -0.140. The van der Waals surface area contributed by atoms with Crippen molar-refractivity contribution in [1.29, 1.82) is 0 Å². The number of hydrogen-bond acceptors (Lipinski definition) is 8. The van der Waals surface area contributed by atoms with Gasteiger partial charge in [-0.3, -0.25) is 9.59 Å². The standard InChI is InChI=1S/C30H33N5O5/c1-2-13-39-30(38)33-25(14-20-11-12-31-18-20)27(36)28-34-26(40-35-28)15-19-7-9-21(10-8-19)29(37)32-24-16-22-5-3-4-6-23(22)17-24/h2-10,20,24-25,31H,1,11-18H2,(H,32,37)(H,33,38)/t20?,25-/m0/s1. The van der Waals surface area contributed by atoms with Crippen molar-refractivity contribution in [3.8, 4) is 0 Å². The molecule has 1 aliphatic carbocycles. The second-order valence-electron chi connectivity index (χ2n) is 10.3. The second kappa shape index (κ2) is 12.7. The third kappa shape index (κ3) is 6.81. The van der Waals surface area contributed by atoms with Gasteiger partial charge in [0.1, 0.15) is 6.61 Å². The molecule has 2 amide bonds. The number of fused-ring (bicyclic) bond motifs is 1. The molecule has 3 aromatic rings. The molecular weight excluding hydrogens is 510 g/mol. The van der Waals surface area contributed by atoms with Crippen molar-refractivity contribution >= 4 is 17.8 Å². The highest BCUT2D eigenvalue weighted by atomic mass is 16.5. The van der Waals surface area contributed by atoms with Crippen LogP contribution < -0.4 is 16.0 Å². The van der Waals surface area contributed by atoms with Crippen LogP contribution in [0.2, 0.25) is 0 Å². The maximum Gasteiger partial charge on any atom is 0.408 e. The highest BCUT2D eigenvalue weighted by molar-refractivity contribution is 5.98. The first-order valence-corrected chi connectivity index (χ1v) is 13.6.